The van der Waals surface area contributed by atoms with Crippen molar-refractivity contribution in [3.05, 3.63) is 29.3 Å². The Kier molecular flexibility index (Phi) is 4.77. The van der Waals surface area contributed by atoms with Crippen molar-refractivity contribution in [1.82, 2.24) is 4.90 Å². The molecule has 0 aromatic heterocycles. The zero-order valence-electron chi connectivity index (χ0n) is 14.5. The number of hydrogen-bond acceptors (Lipinski definition) is 6. The van der Waals surface area contributed by atoms with Crippen LogP contribution in [0.3, 0.4) is 0 Å². The first-order valence-electron chi connectivity index (χ1n) is 8.16. The molecular weight excluding hydrogens is 342 g/mol. The quantitative estimate of drug-likeness (QED) is 0.591. The lowest BCUT2D eigenvalue weighted by atomic mass is 10.1. The van der Waals surface area contributed by atoms with E-state index in [4.69, 9.17) is 9.47 Å². The molecule has 2 fully saturated rings. The number of methoxy groups -OCH3 is 1. The van der Waals surface area contributed by atoms with E-state index in [9.17, 15) is 14.4 Å². The number of ether oxygens (including phenoxy) is 2. The summed E-state index contributed by atoms with van der Waals surface area (Å²) in [6.07, 6.45) is 1.23. The number of benzene rings is 1. The fourth-order valence-corrected chi connectivity index (χ4v) is 4.77. The van der Waals surface area contributed by atoms with Crippen LogP contribution in [0.5, 0.6) is 5.75 Å². The van der Waals surface area contributed by atoms with Gasteiger partial charge in [-0.15, -0.1) is 11.8 Å². The Hall–Kier alpha value is -2.02. The fourth-order valence-electron chi connectivity index (χ4n) is 3.35. The van der Waals surface area contributed by atoms with Crippen molar-refractivity contribution >= 4 is 29.4 Å². The van der Waals surface area contributed by atoms with Crippen LogP contribution in [0, 0.1) is 0 Å². The van der Waals surface area contributed by atoms with Gasteiger partial charge in [0.05, 0.1) is 12.0 Å². The topological polar surface area (TPSA) is 72.9 Å². The predicted molar refractivity (Wildman–Crippen MR) is 93.5 cm³/mol. The monoisotopic (exact) mass is 363 g/mol. The Bertz CT molecular complexity index is 734. The van der Waals surface area contributed by atoms with Gasteiger partial charge in [0.15, 0.2) is 5.78 Å². The summed E-state index contributed by atoms with van der Waals surface area (Å²) in [6, 6.07) is 4.48. The molecule has 2 aliphatic rings. The van der Waals surface area contributed by atoms with Crippen LogP contribution in [0.15, 0.2) is 18.2 Å². The van der Waals surface area contributed by atoms with Gasteiger partial charge < -0.3 is 14.4 Å². The molecule has 6 nitrogen and oxygen atoms in total. The molecule has 2 aliphatic heterocycles. The van der Waals surface area contributed by atoms with E-state index in [0.717, 1.165) is 6.42 Å². The molecule has 2 heterocycles. The van der Waals surface area contributed by atoms with Crippen LogP contribution in [-0.2, 0) is 20.9 Å². The van der Waals surface area contributed by atoms with Crippen molar-refractivity contribution in [2.24, 2.45) is 0 Å². The number of amides is 1. The van der Waals surface area contributed by atoms with Crippen molar-refractivity contribution in [3.63, 3.8) is 0 Å². The maximum atomic E-state index is 12.5. The second kappa shape index (κ2) is 6.71. The lowest BCUT2D eigenvalue weighted by Gasteiger charge is -2.29. The van der Waals surface area contributed by atoms with Crippen molar-refractivity contribution in [2.75, 3.05) is 12.9 Å². The summed E-state index contributed by atoms with van der Waals surface area (Å²) in [4.78, 5) is 37.6. The largest absolute Gasteiger partial charge is 0.496 e. The Labute approximate surface area is 150 Å². The molecule has 2 atom stereocenters. The van der Waals surface area contributed by atoms with Crippen molar-refractivity contribution in [3.8, 4) is 5.75 Å². The fraction of sp³-hybridized carbons (Fsp3) is 0.500. The van der Waals surface area contributed by atoms with Crippen LogP contribution in [0.2, 0.25) is 0 Å². The number of ketones is 1. The van der Waals surface area contributed by atoms with E-state index < -0.39 is 12.0 Å². The number of hydrogen-bond donors (Lipinski definition) is 0. The highest BCUT2D eigenvalue weighted by Gasteiger charge is 2.53. The zero-order valence-corrected chi connectivity index (χ0v) is 15.4. The SMILES string of the molecule is COc1ccc(C(C)=O)cc1COC(=O)[C@H]1CS[C@@]2(C)CCC(=O)N12. The summed E-state index contributed by atoms with van der Waals surface area (Å²) in [5.74, 6) is 0.625. The number of fused-ring (bicyclic) bond motifs is 1. The third-order valence-corrected chi connectivity index (χ3v) is 6.28. The van der Waals surface area contributed by atoms with Crippen molar-refractivity contribution in [1.29, 1.82) is 0 Å². The van der Waals surface area contributed by atoms with Gasteiger partial charge in [0, 0.05) is 23.3 Å². The van der Waals surface area contributed by atoms with E-state index in [1.165, 1.54) is 14.0 Å². The number of carbonyl (C=O) groups excluding carboxylic acids is 3. The van der Waals surface area contributed by atoms with Crippen LogP contribution in [0.4, 0.5) is 0 Å². The van der Waals surface area contributed by atoms with Gasteiger partial charge in [-0.3, -0.25) is 9.59 Å². The number of carbonyl (C=O) groups is 3. The Morgan fingerprint density at radius 1 is 1.40 bits per heavy atom. The Morgan fingerprint density at radius 3 is 2.84 bits per heavy atom. The standard InChI is InChI=1S/C18H21NO5S/c1-11(20)12-4-5-15(23-3)13(8-12)9-24-17(22)14-10-25-18(2)7-6-16(21)19(14)18/h4-5,8,14H,6-7,9-10H2,1-3H3/t14-,18+/m1/s1. The molecule has 2 saturated heterocycles. The van der Waals surface area contributed by atoms with E-state index in [-0.39, 0.29) is 23.2 Å². The molecule has 0 bridgehead atoms. The van der Waals surface area contributed by atoms with Gasteiger partial charge in [-0.1, -0.05) is 0 Å². The lowest BCUT2D eigenvalue weighted by molar-refractivity contribution is -0.154. The van der Waals surface area contributed by atoms with Crippen LogP contribution in [0.25, 0.3) is 0 Å². The molecule has 1 aromatic rings. The summed E-state index contributed by atoms with van der Waals surface area (Å²) in [7, 11) is 1.52. The van der Waals surface area contributed by atoms with Gasteiger partial charge in [0.1, 0.15) is 18.4 Å². The molecule has 1 aromatic carbocycles. The highest BCUT2D eigenvalue weighted by Crippen LogP contribution is 2.47. The van der Waals surface area contributed by atoms with E-state index in [2.05, 4.69) is 0 Å². The van der Waals surface area contributed by atoms with Crippen LogP contribution < -0.4 is 4.74 Å². The first-order chi connectivity index (χ1) is 11.9. The maximum absolute atomic E-state index is 12.5. The highest BCUT2D eigenvalue weighted by molar-refractivity contribution is 8.01. The molecule has 0 radical (unpaired) electrons. The average Bonchev–Trinajstić information content (AvgIpc) is 3.08. The minimum atomic E-state index is -0.549. The predicted octanol–water partition coefficient (Wildman–Crippen LogP) is 2.40. The average molecular weight is 363 g/mol. The highest BCUT2D eigenvalue weighted by atomic mass is 32.2. The number of rotatable bonds is 5. The normalized spacial score (nSPS) is 25.0. The van der Waals surface area contributed by atoms with Crippen LogP contribution >= 0.6 is 11.8 Å². The zero-order chi connectivity index (χ0) is 18.2. The van der Waals surface area contributed by atoms with Crippen LogP contribution in [-0.4, -0.2) is 46.3 Å². The molecule has 134 valence electrons. The molecule has 0 spiro atoms. The first-order valence-corrected chi connectivity index (χ1v) is 9.15. The number of esters is 1. The van der Waals surface area contributed by atoms with Gasteiger partial charge in [0.2, 0.25) is 5.91 Å². The maximum Gasteiger partial charge on any atom is 0.330 e. The smallest absolute Gasteiger partial charge is 0.330 e. The van der Waals surface area contributed by atoms with Gasteiger partial charge in [-0.25, -0.2) is 4.79 Å². The van der Waals surface area contributed by atoms with Crippen LogP contribution in [0.1, 0.15) is 42.6 Å². The molecule has 25 heavy (non-hydrogen) atoms. The molecule has 7 heteroatoms. The Balaban J connectivity index is 1.72. The van der Waals surface area contributed by atoms with Crippen molar-refractivity contribution in [2.45, 2.75) is 44.2 Å². The van der Waals surface area contributed by atoms with Gasteiger partial charge in [-0.05, 0) is 38.5 Å². The minimum Gasteiger partial charge on any atom is -0.496 e. The third-order valence-electron chi connectivity index (χ3n) is 4.77. The molecule has 0 saturated carbocycles. The molecule has 3 rings (SSSR count). The van der Waals surface area contributed by atoms with E-state index >= 15 is 0 Å². The Morgan fingerprint density at radius 2 is 2.16 bits per heavy atom. The van der Waals surface area contributed by atoms with E-state index in [1.807, 2.05) is 6.92 Å². The molecule has 0 N–H and O–H groups in total. The third kappa shape index (κ3) is 3.25. The molecule has 0 unspecified atom stereocenters. The molecular formula is C18H21NO5S. The minimum absolute atomic E-state index is 0.00301. The van der Waals surface area contributed by atoms with Gasteiger partial charge in [0.25, 0.3) is 0 Å². The summed E-state index contributed by atoms with van der Waals surface area (Å²) in [6.45, 7) is 3.48. The van der Waals surface area contributed by atoms with Gasteiger partial charge in [-0.2, -0.15) is 0 Å². The van der Waals surface area contributed by atoms with E-state index in [1.54, 1.807) is 34.9 Å². The lowest BCUT2D eigenvalue weighted by Crippen LogP contribution is -2.46. The number of Topliss-reactive ketones (excluding diaryl/α,β-unsaturated/α-hetero) is 1. The summed E-state index contributed by atoms with van der Waals surface area (Å²) in [5.41, 5.74) is 1.16. The van der Waals surface area contributed by atoms with Gasteiger partial charge >= 0.3 is 5.97 Å². The second-order valence-corrected chi connectivity index (χ2v) is 7.96. The second-order valence-electron chi connectivity index (χ2n) is 6.46. The van der Waals surface area contributed by atoms with E-state index in [0.29, 0.717) is 29.1 Å². The molecule has 0 aliphatic carbocycles. The number of nitrogens with zero attached hydrogens (tertiary/aromatic N) is 1. The summed E-state index contributed by atoms with van der Waals surface area (Å²) < 4.78 is 10.7. The van der Waals surface area contributed by atoms with Crippen molar-refractivity contribution < 1.29 is 23.9 Å². The summed E-state index contributed by atoms with van der Waals surface area (Å²) in [5, 5.41) is 0. The summed E-state index contributed by atoms with van der Waals surface area (Å²) >= 11 is 1.63. The molecule has 1 amide bonds. The number of thioether (sulfide) groups is 1. The first kappa shape index (κ1) is 17.8.